The number of hydrogen-bond acceptors (Lipinski definition) is 3. The molecule has 1 amide bonds. The normalized spacial score (nSPS) is 28.0. The molecule has 0 spiro atoms. The van der Waals surface area contributed by atoms with Crippen LogP contribution in [0.25, 0.3) is 0 Å². The molecule has 1 heterocycles. The zero-order chi connectivity index (χ0) is 16.3. The number of carbonyl (C=O) groups is 1. The van der Waals surface area contributed by atoms with E-state index >= 15 is 0 Å². The fourth-order valence-electron chi connectivity index (χ4n) is 3.92. The Morgan fingerprint density at radius 2 is 2.39 bits per heavy atom. The molecule has 1 saturated heterocycles. The number of ether oxygens (including phenoxy) is 1. The maximum atomic E-state index is 13.2. The average molecular weight is 320 g/mol. The van der Waals surface area contributed by atoms with Gasteiger partial charge in [-0.2, -0.15) is 0 Å². The van der Waals surface area contributed by atoms with Crippen molar-refractivity contribution in [2.75, 3.05) is 19.6 Å². The highest BCUT2D eigenvalue weighted by atomic mass is 19.1. The molecule has 2 fully saturated rings. The molecule has 4 nitrogen and oxygen atoms in total. The molecule has 1 aliphatic heterocycles. The molecule has 0 radical (unpaired) electrons. The maximum Gasteiger partial charge on any atom is 0.227 e. The predicted molar refractivity (Wildman–Crippen MR) is 86.8 cm³/mol. The highest BCUT2D eigenvalue weighted by Crippen LogP contribution is 2.43. The van der Waals surface area contributed by atoms with Crippen LogP contribution in [0.1, 0.15) is 32.6 Å². The van der Waals surface area contributed by atoms with Gasteiger partial charge in [-0.15, -0.1) is 0 Å². The molecule has 1 saturated carbocycles. The van der Waals surface area contributed by atoms with E-state index in [4.69, 9.17) is 4.74 Å². The minimum absolute atomic E-state index is 0.141. The van der Waals surface area contributed by atoms with Gasteiger partial charge in [0.05, 0.1) is 12.0 Å². The number of hydrogen-bond donors (Lipinski definition) is 2. The Labute approximate surface area is 136 Å². The fourth-order valence-corrected chi connectivity index (χ4v) is 3.92. The van der Waals surface area contributed by atoms with Crippen molar-refractivity contribution < 1.29 is 13.9 Å². The van der Waals surface area contributed by atoms with Crippen LogP contribution < -0.4 is 15.4 Å². The summed E-state index contributed by atoms with van der Waals surface area (Å²) < 4.78 is 18.8. The number of fused-ring (bicyclic) bond motifs is 1. The molecule has 3 rings (SSSR count). The Morgan fingerprint density at radius 3 is 3.22 bits per heavy atom. The second kappa shape index (κ2) is 6.87. The summed E-state index contributed by atoms with van der Waals surface area (Å²) in [6.45, 7) is 4.04. The Bertz CT molecular complexity index is 566. The van der Waals surface area contributed by atoms with Gasteiger partial charge in [-0.25, -0.2) is 4.39 Å². The van der Waals surface area contributed by atoms with Gasteiger partial charge >= 0.3 is 0 Å². The summed E-state index contributed by atoms with van der Waals surface area (Å²) in [6.07, 6.45) is 4.25. The third kappa shape index (κ3) is 3.50. The lowest BCUT2D eigenvalue weighted by molar-refractivity contribution is -0.134. The van der Waals surface area contributed by atoms with Gasteiger partial charge in [-0.3, -0.25) is 4.79 Å². The monoisotopic (exact) mass is 320 g/mol. The zero-order valence-electron chi connectivity index (χ0n) is 13.6. The molecule has 1 unspecified atom stereocenters. The van der Waals surface area contributed by atoms with Gasteiger partial charge in [0.15, 0.2) is 0 Å². The van der Waals surface area contributed by atoms with E-state index in [0.717, 1.165) is 32.4 Å². The van der Waals surface area contributed by atoms with E-state index in [0.29, 0.717) is 18.2 Å². The summed E-state index contributed by atoms with van der Waals surface area (Å²) in [5, 5.41) is 6.44. The predicted octanol–water partition coefficient (Wildman–Crippen LogP) is 2.49. The first-order valence-electron chi connectivity index (χ1n) is 8.51. The van der Waals surface area contributed by atoms with Crippen molar-refractivity contribution in [3.8, 4) is 5.75 Å². The summed E-state index contributed by atoms with van der Waals surface area (Å²) in [4.78, 5) is 12.7. The molecule has 5 heteroatoms. The van der Waals surface area contributed by atoms with Crippen molar-refractivity contribution in [2.45, 2.75) is 38.7 Å². The standard InChI is InChI=1S/C18H25FN2O2/c1-13(23-16-7-4-6-15(19)9-16)10-21-17(22)18-8-3-2-5-14(18)11-20-12-18/h4,6-7,9,13-14,20H,2-3,5,8,10-12H2,1H3,(H,21,22)/t13?,14-,18+/m0/s1. The molecule has 0 aromatic heterocycles. The van der Waals surface area contributed by atoms with Crippen LogP contribution in [0.5, 0.6) is 5.75 Å². The van der Waals surface area contributed by atoms with E-state index in [9.17, 15) is 9.18 Å². The Balaban J connectivity index is 1.54. The summed E-state index contributed by atoms with van der Waals surface area (Å²) >= 11 is 0. The Kier molecular flexibility index (Phi) is 4.85. The molecule has 1 aliphatic carbocycles. The molecule has 3 atom stereocenters. The van der Waals surface area contributed by atoms with Gasteiger partial charge in [0.2, 0.25) is 5.91 Å². The maximum absolute atomic E-state index is 13.2. The molecule has 0 bridgehead atoms. The van der Waals surface area contributed by atoms with Gasteiger partial charge < -0.3 is 15.4 Å². The molecule has 126 valence electrons. The van der Waals surface area contributed by atoms with Crippen molar-refractivity contribution in [3.63, 3.8) is 0 Å². The van der Waals surface area contributed by atoms with Crippen molar-refractivity contribution in [2.24, 2.45) is 11.3 Å². The van der Waals surface area contributed by atoms with Crippen molar-refractivity contribution in [3.05, 3.63) is 30.1 Å². The van der Waals surface area contributed by atoms with Gasteiger partial charge in [0.1, 0.15) is 17.7 Å². The van der Waals surface area contributed by atoms with Crippen molar-refractivity contribution in [1.82, 2.24) is 10.6 Å². The number of benzene rings is 1. The third-order valence-electron chi connectivity index (χ3n) is 5.17. The molecular formula is C18H25FN2O2. The topological polar surface area (TPSA) is 50.4 Å². The number of rotatable bonds is 5. The minimum atomic E-state index is -0.320. The highest BCUT2D eigenvalue weighted by Gasteiger charge is 2.49. The number of amides is 1. The summed E-state index contributed by atoms with van der Waals surface area (Å²) in [7, 11) is 0. The van der Waals surface area contributed by atoms with Gasteiger partial charge in [-0.05, 0) is 44.4 Å². The second-order valence-electron chi connectivity index (χ2n) is 6.83. The van der Waals surface area contributed by atoms with Gasteiger partial charge in [0, 0.05) is 12.6 Å². The smallest absolute Gasteiger partial charge is 0.227 e. The largest absolute Gasteiger partial charge is 0.489 e. The first-order chi connectivity index (χ1) is 11.1. The van der Waals surface area contributed by atoms with E-state index in [1.807, 2.05) is 6.92 Å². The van der Waals surface area contributed by atoms with Crippen LogP contribution >= 0.6 is 0 Å². The van der Waals surface area contributed by atoms with E-state index in [1.54, 1.807) is 12.1 Å². The molecule has 2 N–H and O–H groups in total. The first-order valence-corrected chi connectivity index (χ1v) is 8.51. The minimum Gasteiger partial charge on any atom is -0.489 e. The lowest BCUT2D eigenvalue weighted by Gasteiger charge is -2.37. The van der Waals surface area contributed by atoms with Gasteiger partial charge in [-0.1, -0.05) is 18.9 Å². The van der Waals surface area contributed by atoms with Crippen LogP contribution in [0, 0.1) is 17.2 Å². The third-order valence-corrected chi connectivity index (χ3v) is 5.17. The van der Waals surface area contributed by atoms with Crippen LogP contribution in [0.15, 0.2) is 24.3 Å². The zero-order valence-corrected chi connectivity index (χ0v) is 13.6. The number of nitrogens with one attached hydrogen (secondary N) is 2. The van der Waals surface area contributed by atoms with E-state index < -0.39 is 0 Å². The quantitative estimate of drug-likeness (QED) is 0.876. The van der Waals surface area contributed by atoms with Crippen LogP contribution in [-0.4, -0.2) is 31.6 Å². The van der Waals surface area contributed by atoms with Crippen LogP contribution in [0.4, 0.5) is 4.39 Å². The Morgan fingerprint density at radius 1 is 1.52 bits per heavy atom. The van der Waals surface area contributed by atoms with E-state index in [2.05, 4.69) is 10.6 Å². The molecule has 2 aliphatic rings. The van der Waals surface area contributed by atoms with E-state index in [1.165, 1.54) is 18.6 Å². The van der Waals surface area contributed by atoms with E-state index in [-0.39, 0.29) is 23.2 Å². The van der Waals surface area contributed by atoms with Crippen LogP contribution in [-0.2, 0) is 4.79 Å². The summed E-state index contributed by atoms with van der Waals surface area (Å²) in [5.74, 6) is 0.764. The number of halogens is 1. The fraction of sp³-hybridized carbons (Fsp3) is 0.611. The summed E-state index contributed by atoms with van der Waals surface area (Å²) in [6, 6.07) is 6.08. The first kappa shape index (κ1) is 16.2. The van der Waals surface area contributed by atoms with Gasteiger partial charge in [0.25, 0.3) is 0 Å². The van der Waals surface area contributed by atoms with Crippen LogP contribution in [0.2, 0.25) is 0 Å². The highest BCUT2D eigenvalue weighted by molar-refractivity contribution is 5.83. The average Bonchev–Trinajstić information content (AvgIpc) is 2.98. The second-order valence-corrected chi connectivity index (χ2v) is 6.83. The molecule has 23 heavy (non-hydrogen) atoms. The van der Waals surface area contributed by atoms with Crippen LogP contribution in [0.3, 0.4) is 0 Å². The molecular weight excluding hydrogens is 295 g/mol. The van der Waals surface area contributed by atoms with Crippen molar-refractivity contribution >= 4 is 5.91 Å². The Hall–Kier alpha value is -1.62. The molecule has 1 aromatic carbocycles. The summed E-state index contributed by atoms with van der Waals surface area (Å²) in [5.41, 5.74) is -0.239. The molecule has 1 aromatic rings. The lowest BCUT2D eigenvalue weighted by Crippen LogP contribution is -2.49. The number of carbonyl (C=O) groups excluding carboxylic acids is 1. The lowest BCUT2D eigenvalue weighted by atomic mass is 9.67. The van der Waals surface area contributed by atoms with Crippen molar-refractivity contribution in [1.29, 1.82) is 0 Å². The SMILES string of the molecule is CC(CNC(=O)[C@@]12CCCC[C@H]1CNC2)Oc1cccc(F)c1.